The number of hydrogen-bond acceptors (Lipinski definition) is 7. The second-order valence-electron chi connectivity index (χ2n) is 12.4. The van der Waals surface area contributed by atoms with E-state index in [1.807, 2.05) is 12.3 Å². The second-order valence-corrected chi connectivity index (χ2v) is 12.4. The predicted molar refractivity (Wildman–Crippen MR) is 162 cm³/mol. The average molecular weight is 537 g/mol. The highest BCUT2D eigenvalue weighted by atomic mass is 16.3. The van der Waals surface area contributed by atoms with Crippen molar-refractivity contribution in [2.75, 3.05) is 28.8 Å². The van der Waals surface area contributed by atoms with E-state index in [4.69, 9.17) is 9.40 Å². The molecule has 0 spiro atoms. The highest BCUT2D eigenvalue weighted by molar-refractivity contribution is 6.14. The molecule has 10 rings (SSSR count). The first kappa shape index (κ1) is 22.0. The van der Waals surface area contributed by atoms with Crippen molar-refractivity contribution in [3.05, 3.63) is 102 Å². The number of rotatable bonds is 0. The number of fused-ring (bicyclic) bond motifs is 19. The van der Waals surface area contributed by atoms with Crippen molar-refractivity contribution in [1.29, 1.82) is 0 Å². The molecule has 0 fully saturated rings. The Kier molecular flexibility index (Phi) is 3.61. The number of allylic oxidation sites excluding steroid dienone is 1. The molecule has 5 aromatic rings. The summed E-state index contributed by atoms with van der Waals surface area (Å²) < 4.78 is 6.65. The lowest BCUT2D eigenvalue weighted by Gasteiger charge is -2.69. The Morgan fingerprint density at radius 1 is 0.878 bits per heavy atom. The Morgan fingerprint density at radius 3 is 2.61 bits per heavy atom. The van der Waals surface area contributed by atoms with E-state index in [0.717, 1.165) is 33.4 Å². The zero-order valence-corrected chi connectivity index (χ0v) is 23.3. The van der Waals surface area contributed by atoms with Crippen LogP contribution < -0.4 is 14.7 Å². The van der Waals surface area contributed by atoms with E-state index in [0.29, 0.717) is 0 Å². The second kappa shape index (κ2) is 6.74. The van der Waals surface area contributed by atoms with Gasteiger partial charge in [0, 0.05) is 59.3 Å². The summed E-state index contributed by atoms with van der Waals surface area (Å²) in [4.78, 5) is 18.9. The quantitative estimate of drug-likeness (QED) is 0.221. The fraction of sp³-hybridized carbons (Fsp3) is 0.235. The van der Waals surface area contributed by atoms with Crippen LogP contribution in [0.1, 0.15) is 25.0 Å². The van der Waals surface area contributed by atoms with Gasteiger partial charge in [0.25, 0.3) is 0 Å². The van der Waals surface area contributed by atoms with E-state index >= 15 is 0 Å². The fourth-order valence-corrected chi connectivity index (χ4v) is 9.10. The van der Waals surface area contributed by atoms with Crippen LogP contribution in [0.5, 0.6) is 0 Å². The smallest absolute Gasteiger partial charge is 0.161 e. The first-order valence-corrected chi connectivity index (χ1v) is 14.3. The summed E-state index contributed by atoms with van der Waals surface area (Å²) in [5.41, 5.74) is 10.4. The largest absolute Gasteiger partial charge is 0.454 e. The maximum atomic E-state index is 6.65. The Hall–Kier alpha value is -4.78. The van der Waals surface area contributed by atoms with Gasteiger partial charge in [-0.3, -0.25) is 0 Å². The van der Waals surface area contributed by atoms with E-state index in [-0.39, 0.29) is 23.2 Å². The van der Waals surface area contributed by atoms with Crippen LogP contribution in [0, 0.1) is 5.41 Å². The molecule has 1 aliphatic carbocycles. The number of aromatic nitrogens is 2. The topological polar surface area (TPSA) is 51.9 Å². The zero-order valence-electron chi connectivity index (χ0n) is 23.3. The molecule has 0 saturated heterocycles. The van der Waals surface area contributed by atoms with Gasteiger partial charge < -0.3 is 24.0 Å². The van der Waals surface area contributed by atoms with Gasteiger partial charge in [-0.1, -0.05) is 56.3 Å². The van der Waals surface area contributed by atoms with E-state index in [9.17, 15) is 0 Å². The molecule has 3 aromatic carbocycles. The normalized spacial score (nSPS) is 28.3. The number of para-hydroxylation sites is 2. The summed E-state index contributed by atoms with van der Waals surface area (Å²) in [7, 11) is 4.40. The molecule has 0 saturated carbocycles. The van der Waals surface area contributed by atoms with Crippen molar-refractivity contribution in [2.24, 2.45) is 5.41 Å². The average Bonchev–Trinajstić information content (AvgIpc) is 3.66. The summed E-state index contributed by atoms with van der Waals surface area (Å²) in [5, 5.41) is 2.32. The van der Waals surface area contributed by atoms with Crippen molar-refractivity contribution in [3.8, 4) is 0 Å². The van der Waals surface area contributed by atoms with Gasteiger partial charge in [-0.15, -0.1) is 0 Å². The Bertz CT molecular complexity index is 2080. The Labute approximate surface area is 237 Å². The van der Waals surface area contributed by atoms with Crippen molar-refractivity contribution < 1.29 is 4.42 Å². The lowest BCUT2D eigenvalue weighted by atomic mass is 9.40. The van der Waals surface area contributed by atoms with Gasteiger partial charge in [-0.2, -0.15) is 0 Å². The molecule has 4 atom stereocenters. The van der Waals surface area contributed by atoms with Crippen LogP contribution in [0.4, 0.5) is 22.9 Å². The highest BCUT2D eigenvalue weighted by Crippen LogP contribution is 2.76. The van der Waals surface area contributed by atoms with Gasteiger partial charge in [0.15, 0.2) is 11.4 Å². The standard InChI is InChI=1S/C34H28N6O/c1-33-22-10-6-7-11-23(22)40-30-24(17-35-18-36-30)38(4)32(40)34(33,2)27-26(33)21-14-13-20-19-9-5-8-12-25(19)41-29(20)28(21)39-16-15-37(3)31(27)39/h5-18,31-32H,1-4H3. The fourth-order valence-electron chi connectivity index (χ4n) is 9.10. The summed E-state index contributed by atoms with van der Waals surface area (Å²) in [5.74, 6) is 0.979. The van der Waals surface area contributed by atoms with Gasteiger partial charge in [0.1, 0.15) is 29.9 Å². The Balaban J connectivity index is 1.33. The summed E-state index contributed by atoms with van der Waals surface area (Å²) in [6.45, 7) is 4.94. The number of likely N-dealkylation sites (N-methyl/N-ethyl adjacent to an activating group) is 1. The van der Waals surface area contributed by atoms with E-state index in [1.165, 1.54) is 33.6 Å². The number of hydrogen-bond donors (Lipinski definition) is 0. The van der Waals surface area contributed by atoms with E-state index in [2.05, 4.69) is 120 Å². The molecule has 5 aliphatic rings. The van der Waals surface area contributed by atoms with Crippen LogP contribution in [0.25, 0.3) is 27.5 Å². The van der Waals surface area contributed by atoms with Crippen molar-refractivity contribution in [3.63, 3.8) is 0 Å². The van der Waals surface area contributed by atoms with Crippen LogP contribution in [0.2, 0.25) is 0 Å². The molecule has 0 bridgehead atoms. The summed E-state index contributed by atoms with van der Waals surface area (Å²) in [6, 6.07) is 21.9. The van der Waals surface area contributed by atoms with Crippen molar-refractivity contribution in [2.45, 2.75) is 31.6 Å². The van der Waals surface area contributed by atoms with Crippen LogP contribution in [0.15, 0.2) is 95.6 Å². The number of benzene rings is 3. The molecule has 41 heavy (non-hydrogen) atoms. The molecule has 200 valence electrons. The zero-order chi connectivity index (χ0) is 27.4. The molecule has 0 radical (unpaired) electrons. The third kappa shape index (κ3) is 2.13. The minimum atomic E-state index is -0.242. The van der Waals surface area contributed by atoms with E-state index < -0.39 is 0 Å². The number of anilines is 4. The van der Waals surface area contributed by atoms with Gasteiger partial charge in [0.2, 0.25) is 0 Å². The molecule has 6 heterocycles. The Morgan fingerprint density at radius 2 is 1.71 bits per heavy atom. The van der Waals surface area contributed by atoms with Gasteiger partial charge >= 0.3 is 0 Å². The van der Waals surface area contributed by atoms with E-state index in [1.54, 1.807) is 6.33 Å². The molecule has 0 N–H and O–H groups in total. The maximum absolute atomic E-state index is 6.65. The highest BCUT2D eigenvalue weighted by Gasteiger charge is 2.73. The summed E-state index contributed by atoms with van der Waals surface area (Å²) >= 11 is 0. The summed E-state index contributed by atoms with van der Waals surface area (Å²) in [6.07, 6.45) is 8.18. The minimum Gasteiger partial charge on any atom is -0.454 e. The number of nitrogens with zero attached hydrogens (tertiary/aromatic N) is 6. The predicted octanol–water partition coefficient (Wildman–Crippen LogP) is 6.60. The van der Waals surface area contributed by atoms with Crippen LogP contribution in [0.3, 0.4) is 0 Å². The molecule has 4 aliphatic heterocycles. The lowest BCUT2D eigenvalue weighted by molar-refractivity contribution is 0.133. The molecule has 7 heteroatoms. The number of furan rings is 1. The minimum absolute atomic E-state index is 0.0557. The third-order valence-corrected chi connectivity index (χ3v) is 10.9. The third-order valence-electron chi connectivity index (χ3n) is 10.9. The lowest BCUT2D eigenvalue weighted by Crippen LogP contribution is -2.72. The van der Waals surface area contributed by atoms with Gasteiger partial charge in [0.05, 0.1) is 11.9 Å². The van der Waals surface area contributed by atoms with Crippen LogP contribution in [-0.4, -0.2) is 41.3 Å². The molecule has 4 unspecified atom stereocenters. The maximum Gasteiger partial charge on any atom is 0.161 e. The van der Waals surface area contributed by atoms with Crippen molar-refractivity contribution >= 4 is 50.4 Å². The molecular formula is C34H28N6O. The first-order chi connectivity index (χ1) is 20.0. The van der Waals surface area contributed by atoms with Crippen molar-refractivity contribution in [1.82, 2.24) is 14.9 Å². The monoisotopic (exact) mass is 536 g/mol. The van der Waals surface area contributed by atoms with Crippen LogP contribution in [-0.2, 0) is 5.41 Å². The molecular weight excluding hydrogens is 508 g/mol. The van der Waals surface area contributed by atoms with Gasteiger partial charge in [-0.05, 0) is 34.9 Å². The molecule has 7 nitrogen and oxygen atoms in total. The molecule has 0 amide bonds. The SMILES string of the molecule is CN1C=CN2c3c(ccc4c3oc3ccccc34)C3=C(C12)C1(C)C2N(C)c4cncnc4N2c2ccccc2C31C. The first-order valence-electron chi connectivity index (χ1n) is 14.3. The molecule has 2 aromatic heterocycles. The van der Waals surface area contributed by atoms with Crippen LogP contribution >= 0.6 is 0 Å². The van der Waals surface area contributed by atoms with Gasteiger partial charge in [-0.25, -0.2) is 9.97 Å².